The van der Waals surface area contributed by atoms with Crippen molar-refractivity contribution in [1.82, 2.24) is 0 Å². The first-order chi connectivity index (χ1) is 12.6. The number of carbonyl (C=O) groups is 1. The molecule has 3 aromatic rings. The number of anilines is 2. The Hall–Kier alpha value is -2.41. The van der Waals surface area contributed by atoms with Crippen LogP contribution in [0.5, 0.6) is 0 Å². The lowest BCUT2D eigenvalue weighted by molar-refractivity contribution is 0.102. The Balaban J connectivity index is 1.54. The molecule has 3 aromatic carbocycles. The van der Waals surface area contributed by atoms with Gasteiger partial charge in [0.1, 0.15) is 5.82 Å². The summed E-state index contributed by atoms with van der Waals surface area (Å²) in [5.74, 6) is -0.601. The molecular formula is C21H18FIN2O. The molecule has 0 aliphatic carbocycles. The van der Waals surface area contributed by atoms with Gasteiger partial charge in [-0.25, -0.2) is 4.39 Å². The standard InChI is InChI=1S/C21H18FIN2O/c22-16-6-11-19(20(23)14-16)21(26)25-18-9-7-17(8-10-18)24-13-12-15-4-2-1-3-5-15/h1-11,14,24H,12-13H2,(H,25,26). The van der Waals surface area contributed by atoms with E-state index in [1.165, 1.54) is 23.8 Å². The molecule has 5 heteroatoms. The lowest BCUT2D eigenvalue weighted by Crippen LogP contribution is -2.13. The molecular weight excluding hydrogens is 442 g/mol. The number of amides is 1. The smallest absolute Gasteiger partial charge is 0.256 e. The highest BCUT2D eigenvalue weighted by Gasteiger charge is 2.11. The van der Waals surface area contributed by atoms with Crippen molar-refractivity contribution in [2.45, 2.75) is 6.42 Å². The third-order valence-corrected chi connectivity index (χ3v) is 4.80. The van der Waals surface area contributed by atoms with Gasteiger partial charge >= 0.3 is 0 Å². The third-order valence-electron chi connectivity index (χ3n) is 3.90. The second kappa shape index (κ2) is 8.80. The summed E-state index contributed by atoms with van der Waals surface area (Å²) in [7, 11) is 0. The van der Waals surface area contributed by atoms with Crippen LogP contribution >= 0.6 is 22.6 Å². The number of rotatable bonds is 6. The van der Waals surface area contributed by atoms with Crippen LogP contribution in [0.15, 0.2) is 72.8 Å². The van der Waals surface area contributed by atoms with Gasteiger partial charge in [0, 0.05) is 21.5 Å². The normalized spacial score (nSPS) is 10.4. The molecule has 0 aliphatic rings. The van der Waals surface area contributed by atoms with Gasteiger partial charge in [-0.1, -0.05) is 30.3 Å². The fourth-order valence-corrected chi connectivity index (χ4v) is 3.26. The van der Waals surface area contributed by atoms with Crippen LogP contribution in [-0.2, 0) is 6.42 Å². The van der Waals surface area contributed by atoms with Gasteiger partial charge in [0.2, 0.25) is 0 Å². The van der Waals surface area contributed by atoms with Crippen molar-refractivity contribution in [2.24, 2.45) is 0 Å². The Morgan fingerprint density at radius 1 is 0.923 bits per heavy atom. The molecule has 3 nitrogen and oxygen atoms in total. The highest BCUT2D eigenvalue weighted by molar-refractivity contribution is 14.1. The Bertz CT molecular complexity index is 882. The Kier molecular flexibility index (Phi) is 6.22. The van der Waals surface area contributed by atoms with Crippen LogP contribution < -0.4 is 10.6 Å². The van der Waals surface area contributed by atoms with E-state index in [1.807, 2.05) is 65.1 Å². The van der Waals surface area contributed by atoms with Crippen molar-refractivity contribution in [3.05, 3.63) is 93.3 Å². The van der Waals surface area contributed by atoms with Crippen LogP contribution in [0.3, 0.4) is 0 Å². The van der Waals surface area contributed by atoms with E-state index < -0.39 is 0 Å². The van der Waals surface area contributed by atoms with Gasteiger partial charge in [0.05, 0.1) is 5.56 Å². The highest BCUT2D eigenvalue weighted by atomic mass is 127. The maximum Gasteiger partial charge on any atom is 0.256 e. The second-order valence-corrected chi connectivity index (χ2v) is 6.98. The summed E-state index contributed by atoms with van der Waals surface area (Å²) in [5.41, 5.74) is 3.44. The number of nitrogens with one attached hydrogen (secondary N) is 2. The lowest BCUT2D eigenvalue weighted by Gasteiger charge is -2.10. The van der Waals surface area contributed by atoms with Crippen LogP contribution in [0.25, 0.3) is 0 Å². The van der Waals surface area contributed by atoms with Crippen molar-refractivity contribution in [3.8, 4) is 0 Å². The summed E-state index contributed by atoms with van der Waals surface area (Å²) >= 11 is 1.96. The van der Waals surface area contributed by atoms with Gasteiger partial charge in [-0.15, -0.1) is 0 Å². The van der Waals surface area contributed by atoms with Crippen LogP contribution in [0.1, 0.15) is 15.9 Å². The molecule has 0 aromatic heterocycles. The molecule has 0 unspecified atom stereocenters. The minimum atomic E-state index is -0.350. The summed E-state index contributed by atoms with van der Waals surface area (Å²) in [6.45, 7) is 0.837. The Morgan fingerprint density at radius 3 is 2.31 bits per heavy atom. The summed E-state index contributed by atoms with van der Waals surface area (Å²) in [6, 6.07) is 22.0. The van der Waals surface area contributed by atoms with E-state index in [9.17, 15) is 9.18 Å². The molecule has 0 heterocycles. The predicted octanol–water partition coefficient (Wildman–Crippen LogP) is 5.34. The quantitative estimate of drug-likeness (QED) is 0.488. The van der Waals surface area contributed by atoms with Gasteiger partial charge in [0.25, 0.3) is 5.91 Å². The SMILES string of the molecule is O=C(Nc1ccc(NCCc2ccccc2)cc1)c1ccc(F)cc1I. The summed E-state index contributed by atoms with van der Waals surface area (Å²) < 4.78 is 13.7. The Morgan fingerprint density at radius 2 is 1.62 bits per heavy atom. The molecule has 0 radical (unpaired) electrons. The fourth-order valence-electron chi connectivity index (χ4n) is 2.54. The molecule has 0 atom stereocenters. The first-order valence-electron chi connectivity index (χ1n) is 8.26. The van der Waals surface area contributed by atoms with Crippen molar-refractivity contribution in [1.29, 1.82) is 0 Å². The molecule has 0 aliphatic heterocycles. The number of benzene rings is 3. The molecule has 0 bridgehead atoms. The summed E-state index contributed by atoms with van der Waals surface area (Å²) in [4.78, 5) is 12.3. The first-order valence-corrected chi connectivity index (χ1v) is 9.34. The van der Waals surface area contributed by atoms with Crippen molar-refractivity contribution >= 4 is 39.9 Å². The molecule has 0 spiro atoms. The average Bonchev–Trinajstić information content (AvgIpc) is 2.64. The Labute approximate surface area is 165 Å². The molecule has 2 N–H and O–H groups in total. The van der Waals surface area contributed by atoms with E-state index in [0.717, 1.165) is 18.7 Å². The van der Waals surface area contributed by atoms with Crippen molar-refractivity contribution in [3.63, 3.8) is 0 Å². The first kappa shape index (κ1) is 18.4. The molecule has 0 saturated carbocycles. The zero-order valence-electron chi connectivity index (χ0n) is 14.0. The van der Waals surface area contributed by atoms with Crippen molar-refractivity contribution < 1.29 is 9.18 Å². The summed E-state index contributed by atoms with van der Waals surface area (Å²) in [6.07, 6.45) is 0.947. The molecule has 1 amide bonds. The largest absolute Gasteiger partial charge is 0.385 e. The maximum absolute atomic E-state index is 13.1. The average molecular weight is 460 g/mol. The van der Waals surface area contributed by atoms with Gasteiger partial charge in [-0.05, 0) is 77.0 Å². The number of hydrogen-bond acceptors (Lipinski definition) is 2. The van der Waals surface area contributed by atoms with E-state index in [1.54, 1.807) is 0 Å². The number of halogens is 2. The van der Waals surface area contributed by atoms with E-state index in [2.05, 4.69) is 22.8 Å². The van der Waals surface area contributed by atoms with E-state index in [4.69, 9.17) is 0 Å². The minimum absolute atomic E-state index is 0.251. The van der Waals surface area contributed by atoms with E-state index >= 15 is 0 Å². The molecule has 26 heavy (non-hydrogen) atoms. The lowest BCUT2D eigenvalue weighted by atomic mass is 10.1. The topological polar surface area (TPSA) is 41.1 Å². The molecule has 0 saturated heterocycles. The molecule has 3 rings (SSSR count). The zero-order chi connectivity index (χ0) is 18.4. The number of hydrogen-bond donors (Lipinski definition) is 2. The van der Waals surface area contributed by atoms with Gasteiger partial charge in [-0.3, -0.25) is 4.79 Å². The molecule has 132 valence electrons. The minimum Gasteiger partial charge on any atom is -0.385 e. The second-order valence-electron chi connectivity index (χ2n) is 5.82. The molecule has 0 fully saturated rings. The van der Waals surface area contributed by atoms with Gasteiger partial charge < -0.3 is 10.6 Å². The van der Waals surface area contributed by atoms with Crippen LogP contribution in [0, 0.1) is 9.39 Å². The third kappa shape index (κ3) is 5.05. The van der Waals surface area contributed by atoms with E-state index in [0.29, 0.717) is 14.8 Å². The van der Waals surface area contributed by atoms with Crippen LogP contribution in [0.4, 0.5) is 15.8 Å². The highest BCUT2D eigenvalue weighted by Crippen LogP contribution is 2.18. The van der Waals surface area contributed by atoms with Crippen LogP contribution in [0.2, 0.25) is 0 Å². The van der Waals surface area contributed by atoms with Gasteiger partial charge in [0.15, 0.2) is 0 Å². The summed E-state index contributed by atoms with van der Waals surface area (Å²) in [5, 5.41) is 6.20. The monoisotopic (exact) mass is 460 g/mol. The van der Waals surface area contributed by atoms with E-state index in [-0.39, 0.29) is 11.7 Å². The predicted molar refractivity (Wildman–Crippen MR) is 112 cm³/mol. The number of carbonyl (C=O) groups excluding carboxylic acids is 1. The fraction of sp³-hybridized carbons (Fsp3) is 0.0952. The zero-order valence-corrected chi connectivity index (χ0v) is 16.2. The van der Waals surface area contributed by atoms with Gasteiger partial charge in [-0.2, -0.15) is 0 Å². The van der Waals surface area contributed by atoms with Crippen LogP contribution in [-0.4, -0.2) is 12.5 Å². The maximum atomic E-state index is 13.1. The van der Waals surface area contributed by atoms with Crippen molar-refractivity contribution in [2.75, 3.05) is 17.2 Å².